The van der Waals surface area contributed by atoms with E-state index in [9.17, 15) is 18.8 Å². The Balaban J connectivity index is 1.53. The summed E-state index contributed by atoms with van der Waals surface area (Å²) in [5, 5.41) is 0.426. The van der Waals surface area contributed by atoms with Gasteiger partial charge in [-0.2, -0.15) is 0 Å². The maximum atomic E-state index is 14.0. The second-order valence-electron chi connectivity index (χ2n) is 7.22. The van der Waals surface area contributed by atoms with Gasteiger partial charge >= 0.3 is 5.69 Å². The number of aromatic nitrogens is 2. The molecule has 2 heterocycles. The van der Waals surface area contributed by atoms with E-state index in [1.165, 1.54) is 11.0 Å². The fourth-order valence-corrected chi connectivity index (χ4v) is 3.83. The van der Waals surface area contributed by atoms with Gasteiger partial charge in [-0.05, 0) is 23.8 Å². The lowest BCUT2D eigenvalue weighted by atomic mass is 10.2. The van der Waals surface area contributed by atoms with E-state index in [4.69, 9.17) is 11.6 Å². The summed E-state index contributed by atoms with van der Waals surface area (Å²) >= 11 is 6.14. The molecule has 1 N–H and O–H groups in total. The zero-order valence-electron chi connectivity index (χ0n) is 16.6. The molecule has 0 spiro atoms. The van der Waals surface area contributed by atoms with Crippen molar-refractivity contribution in [3.05, 3.63) is 97.5 Å². The molecule has 9 heteroatoms. The summed E-state index contributed by atoms with van der Waals surface area (Å²) in [6.07, 6.45) is 1.15. The van der Waals surface area contributed by atoms with Crippen molar-refractivity contribution in [2.75, 3.05) is 31.1 Å². The van der Waals surface area contributed by atoms with Crippen molar-refractivity contribution in [2.45, 2.75) is 6.54 Å². The van der Waals surface area contributed by atoms with E-state index in [1.54, 1.807) is 42.5 Å². The number of hydrogen-bond donors (Lipinski definition) is 1. The number of benzene rings is 2. The minimum absolute atomic E-state index is 0.0456. The van der Waals surface area contributed by atoms with Gasteiger partial charge in [-0.3, -0.25) is 14.2 Å². The third-order valence-electron chi connectivity index (χ3n) is 5.34. The van der Waals surface area contributed by atoms with Crippen molar-refractivity contribution < 1.29 is 9.18 Å². The fourth-order valence-electron chi connectivity index (χ4n) is 3.63. The zero-order valence-corrected chi connectivity index (χ0v) is 17.3. The normalized spacial score (nSPS) is 14.0. The molecule has 1 aliphatic heterocycles. The lowest BCUT2D eigenvalue weighted by molar-refractivity contribution is 0.0743. The van der Waals surface area contributed by atoms with E-state index in [0.717, 1.165) is 10.8 Å². The number of carbonyl (C=O) groups is 1. The smallest absolute Gasteiger partial charge is 0.328 e. The standard InChI is InChI=1S/C22H20ClFN4O3/c23-17-6-2-1-5-15(17)14-28-21(30)16(13-25-22(28)31)20(29)27-11-9-26(10-12-27)19-8-4-3-7-18(19)24/h1-8,13H,9-12,14H2,(H,25,31). The Bertz CT molecular complexity index is 1230. The molecule has 4 rings (SSSR count). The van der Waals surface area contributed by atoms with Crippen LogP contribution in [0.1, 0.15) is 15.9 Å². The van der Waals surface area contributed by atoms with E-state index >= 15 is 0 Å². The molecule has 160 valence electrons. The second-order valence-corrected chi connectivity index (χ2v) is 7.63. The minimum Gasteiger partial charge on any atom is -0.366 e. The van der Waals surface area contributed by atoms with Crippen molar-refractivity contribution >= 4 is 23.2 Å². The number of rotatable bonds is 4. The average Bonchev–Trinajstić information content (AvgIpc) is 2.78. The maximum Gasteiger partial charge on any atom is 0.328 e. The van der Waals surface area contributed by atoms with Crippen molar-refractivity contribution in [3.8, 4) is 0 Å². The molecule has 1 aromatic heterocycles. The van der Waals surface area contributed by atoms with Crippen molar-refractivity contribution in [1.82, 2.24) is 14.5 Å². The molecule has 0 unspecified atom stereocenters. The van der Waals surface area contributed by atoms with E-state index in [1.807, 2.05) is 4.90 Å². The predicted molar refractivity (Wildman–Crippen MR) is 116 cm³/mol. The molecule has 2 aromatic carbocycles. The fraction of sp³-hybridized carbons (Fsp3) is 0.227. The molecule has 0 atom stereocenters. The highest BCUT2D eigenvalue weighted by Crippen LogP contribution is 2.20. The number of anilines is 1. The summed E-state index contributed by atoms with van der Waals surface area (Å²) in [5.74, 6) is -0.785. The second kappa shape index (κ2) is 8.77. The molecule has 7 nitrogen and oxygen atoms in total. The highest BCUT2D eigenvalue weighted by molar-refractivity contribution is 6.31. The van der Waals surface area contributed by atoms with E-state index < -0.39 is 17.2 Å². The molecule has 3 aromatic rings. The summed E-state index contributed by atoms with van der Waals surface area (Å²) in [5.41, 5.74) is -0.331. The molecule has 0 bridgehead atoms. The van der Waals surface area contributed by atoms with E-state index in [-0.39, 0.29) is 17.9 Å². The van der Waals surface area contributed by atoms with Crippen molar-refractivity contribution in [3.63, 3.8) is 0 Å². The van der Waals surface area contributed by atoms with Crippen LogP contribution in [0.3, 0.4) is 0 Å². The van der Waals surface area contributed by atoms with Crippen LogP contribution in [0.5, 0.6) is 0 Å². The Kier molecular flexibility index (Phi) is 5.90. The quantitative estimate of drug-likeness (QED) is 0.672. The number of amides is 1. The summed E-state index contributed by atoms with van der Waals surface area (Å²) in [4.78, 5) is 44.0. The molecule has 1 fully saturated rings. The third-order valence-corrected chi connectivity index (χ3v) is 5.71. The number of carbonyl (C=O) groups excluding carboxylic acids is 1. The summed E-state index contributed by atoms with van der Waals surface area (Å²) in [6.45, 7) is 1.48. The Morgan fingerprint density at radius 2 is 1.68 bits per heavy atom. The first-order valence-corrected chi connectivity index (χ1v) is 10.2. The first-order valence-electron chi connectivity index (χ1n) is 9.80. The van der Waals surface area contributed by atoms with E-state index in [0.29, 0.717) is 42.5 Å². The molecule has 1 saturated heterocycles. The van der Waals surface area contributed by atoms with Crippen LogP contribution in [0.15, 0.2) is 64.3 Å². The van der Waals surface area contributed by atoms with Gasteiger partial charge in [0.15, 0.2) is 0 Å². The molecule has 1 aliphatic rings. The number of nitrogens with zero attached hydrogens (tertiary/aromatic N) is 3. The number of H-pyrrole nitrogens is 1. The predicted octanol–water partition coefficient (Wildman–Crippen LogP) is 2.34. The van der Waals surface area contributed by atoms with Crippen molar-refractivity contribution in [1.29, 1.82) is 0 Å². The van der Waals surface area contributed by atoms with Crippen LogP contribution >= 0.6 is 11.6 Å². The first kappa shape index (κ1) is 20.9. The zero-order chi connectivity index (χ0) is 22.0. The highest BCUT2D eigenvalue weighted by Gasteiger charge is 2.26. The number of nitrogens with one attached hydrogen (secondary N) is 1. The molecule has 0 radical (unpaired) electrons. The Morgan fingerprint density at radius 1 is 1.00 bits per heavy atom. The van der Waals surface area contributed by atoms with Crippen molar-refractivity contribution in [2.24, 2.45) is 0 Å². The number of piperazine rings is 1. The number of para-hydroxylation sites is 1. The van der Waals surface area contributed by atoms with Crippen LogP contribution in [0.25, 0.3) is 0 Å². The molecular weight excluding hydrogens is 423 g/mol. The molecule has 0 saturated carbocycles. The largest absolute Gasteiger partial charge is 0.366 e. The Hall–Kier alpha value is -3.39. The van der Waals surface area contributed by atoms with Gasteiger partial charge in [-0.15, -0.1) is 0 Å². The first-order chi connectivity index (χ1) is 15.0. The van der Waals surface area contributed by atoms with Crippen LogP contribution < -0.4 is 16.1 Å². The van der Waals surface area contributed by atoms with Gasteiger partial charge in [-0.25, -0.2) is 9.18 Å². The number of halogens is 2. The molecule has 0 aliphatic carbocycles. The van der Waals surface area contributed by atoms with Gasteiger partial charge in [0.25, 0.3) is 11.5 Å². The third kappa shape index (κ3) is 4.25. The van der Waals surface area contributed by atoms with Gasteiger partial charge in [0, 0.05) is 37.4 Å². The minimum atomic E-state index is -0.676. The van der Waals surface area contributed by atoms with Crippen LogP contribution in [0, 0.1) is 5.82 Å². The van der Waals surface area contributed by atoms with E-state index in [2.05, 4.69) is 4.98 Å². The van der Waals surface area contributed by atoms with Crippen LogP contribution in [-0.4, -0.2) is 46.5 Å². The molecule has 31 heavy (non-hydrogen) atoms. The highest BCUT2D eigenvalue weighted by atomic mass is 35.5. The number of aromatic amines is 1. The monoisotopic (exact) mass is 442 g/mol. The van der Waals surface area contributed by atoms with Gasteiger partial charge in [0.05, 0.1) is 12.2 Å². The lowest BCUT2D eigenvalue weighted by Gasteiger charge is -2.36. The van der Waals surface area contributed by atoms with Gasteiger partial charge in [0.1, 0.15) is 11.4 Å². The maximum absolute atomic E-state index is 14.0. The lowest BCUT2D eigenvalue weighted by Crippen LogP contribution is -2.50. The number of hydrogen-bond acceptors (Lipinski definition) is 4. The van der Waals surface area contributed by atoms with Gasteiger partial charge in [0.2, 0.25) is 0 Å². The van der Waals surface area contributed by atoms with Crippen LogP contribution in [0.4, 0.5) is 10.1 Å². The van der Waals surface area contributed by atoms with Crippen LogP contribution in [0.2, 0.25) is 5.02 Å². The SMILES string of the molecule is O=C(c1c[nH]c(=O)n(Cc2ccccc2Cl)c1=O)N1CCN(c2ccccc2F)CC1. The summed E-state index contributed by atoms with van der Waals surface area (Å²) < 4.78 is 15.0. The topological polar surface area (TPSA) is 78.4 Å². The van der Waals surface area contributed by atoms with Gasteiger partial charge < -0.3 is 14.8 Å². The summed E-state index contributed by atoms with van der Waals surface area (Å²) in [7, 11) is 0. The molecule has 1 amide bonds. The van der Waals surface area contributed by atoms with Gasteiger partial charge in [-0.1, -0.05) is 41.9 Å². The summed E-state index contributed by atoms with van der Waals surface area (Å²) in [6, 6.07) is 13.4. The Labute approximate surface area is 182 Å². The Morgan fingerprint density at radius 3 is 2.39 bits per heavy atom. The van der Waals surface area contributed by atoms with Crippen LogP contribution in [-0.2, 0) is 6.54 Å². The molecular formula is C22H20ClFN4O3. The average molecular weight is 443 g/mol.